The zero-order valence-electron chi connectivity index (χ0n) is 10.2. The van der Waals surface area contributed by atoms with Crippen molar-refractivity contribution in [3.05, 3.63) is 65.7 Å². The van der Waals surface area contributed by atoms with E-state index in [1.165, 1.54) is 37.4 Å². The highest BCUT2D eigenvalue weighted by molar-refractivity contribution is 5.38. The molecule has 1 radical (unpaired) electrons. The molecule has 19 heavy (non-hydrogen) atoms. The molecule has 0 saturated heterocycles. The highest BCUT2D eigenvalue weighted by Gasteiger charge is 2.41. The molecule has 1 atom stereocenters. The quantitative estimate of drug-likeness (QED) is 0.808. The molecule has 1 unspecified atom stereocenters. The first kappa shape index (κ1) is 13.5. The summed E-state index contributed by atoms with van der Waals surface area (Å²) in [6.07, 6.45) is -4.35. The summed E-state index contributed by atoms with van der Waals surface area (Å²) in [5, 5.41) is 0. The number of benzene rings is 2. The third-order valence-corrected chi connectivity index (χ3v) is 2.81. The molecule has 2 rings (SSSR count). The van der Waals surface area contributed by atoms with Gasteiger partial charge in [-0.15, -0.1) is 0 Å². The molecule has 99 valence electrons. The molecule has 1 nitrogen and oxygen atoms in total. The largest absolute Gasteiger partial charge is 0.496 e. The van der Waals surface area contributed by atoms with Crippen LogP contribution in [0.5, 0.6) is 5.75 Å². The van der Waals surface area contributed by atoms with E-state index in [0.29, 0.717) is 5.75 Å². The number of methoxy groups -OCH3 is 1. The average Bonchev–Trinajstić information content (AvgIpc) is 2.39. The van der Waals surface area contributed by atoms with Crippen LogP contribution >= 0.6 is 0 Å². The van der Waals surface area contributed by atoms with Crippen molar-refractivity contribution in [1.82, 2.24) is 0 Å². The molecule has 0 amide bonds. The van der Waals surface area contributed by atoms with Crippen LogP contribution in [-0.4, -0.2) is 13.3 Å². The molecular formula is C15H12F3O. The van der Waals surface area contributed by atoms with Crippen molar-refractivity contribution in [2.75, 3.05) is 7.11 Å². The van der Waals surface area contributed by atoms with Crippen molar-refractivity contribution in [1.29, 1.82) is 0 Å². The third-order valence-electron chi connectivity index (χ3n) is 2.81. The Morgan fingerprint density at radius 1 is 1.05 bits per heavy atom. The molecule has 0 N–H and O–H groups in total. The van der Waals surface area contributed by atoms with Crippen LogP contribution < -0.4 is 4.74 Å². The first-order chi connectivity index (χ1) is 9.02. The minimum Gasteiger partial charge on any atom is -0.496 e. The Balaban J connectivity index is 2.50. The van der Waals surface area contributed by atoms with Crippen LogP contribution in [-0.2, 0) is 0 Å². The predicted octanol–water partition coefficient (Wildman–Crippen LogP) is 4.19. The Kier molecular flexibility index (Phi) is 3.79. The zero-order chi connectivity index (χ0) is 13.9. The molecule has 2 aromatic carbocycles. The smallest absolute Gasteiger partial charge is 0.399 e. The van der Waals surface area contributed by atoms with Crippen LogP contribution in [0.1, 0.15) is 17.0 Å². The van der Waals surface area contributed by atoms with Crippen LogP contribution in [0.2, 0.25) is 0 Å². The summed E-state index contributed by atoms with van der Waals surface area (Å²) >= 11 is 0. The van der Waals surface area contributed by atoms with Gasteiger partial charge in [-0.1, -0.05) is 42.5 Å². The van der Waals surface area contributed by atoms with Gasteiger partial charge in [0.05, 0.1) is 7.11 Å². The lowest BCUT2D eigenvalue weighted by molar-refractivity contribution is -0.141. The lowest BCUT2D eigenvalue weighted by Crippen LogP contribution is -2.22. The van der Waals surface area contributed by atoms with E-state index in [-0.39, 0.29) is 11.1 Å². The maximum absolute atomic E-state index is 13.3. The van der Waals surface area contributed by atoms with Gasteiger partial charge in [-0.3, -0.25) is 0 Å². The summed E-state index contributed by atoms with van der Waals surface area (Å²) in [6.45, 7) is 0. The van der Waals surface area contributed by atoms with E-state index >= 15 is 0 Å². The fourth-order valence-corrected chi connectivity index (χ4v) is 1.97. The fraction of sp³-hybridized carbons (Fsp3) is 0.200. The van der Waals surface area contributed by atoms with E-state index in [0.717, 1.165) is 0 Å². The molecule has 0 heterocycles. The van der Waals surface area contributed by atoms with Crippen LogP contribution in [0, 0.1) is 6.07 Å². The van der Waals surface area contributed by atoms with E-state index in [1.54, 1.807) is 18.2 Å². The van der Waals surface area contributed by atoms with Gasteiger partial charge in [0.1, 0.15) is 11.7 Å². The van der Waals surface area contributed by atoms with Crippen molar-refractivity contribution in [3.63, 3.8) is 0 Å². The molecule has 0 spiro atoms. The van der Waals surface area contributed by atoms with Gasteiger partial charge in [-0.05, 0) is 17.2 Å². The summed E-state index contributed by atoms with van der Waals surface area (Å²) in [7, 11) is 1.40. The number of ether oxygens (including phenoxy) is 1. The summed E-state index contributed by atoms with van der Waals surface area (Å²) < 4.78 is 44.8. The molecular weight excluding hydrogens is 253 g/mol. The number of alkyl halides is 3. The van der Waals surface area contributed by atoms with Gasteiger partial charge in [-0.2, -0.15) is 13.2 Å². The lowest BCUT2D eigenvalue weighted by Gasteiger charge is -2.21. The van der Waals surface area contributed by atoms with Gasteiger partial charge in [-0.25, -0.2) is 0 Å². The number of halogens is 3. The highest BCUT2D eigenvalue weighted by atomic mass is 19.4. The predicted molar refractivity (Wildman–Crippen MR) is 66.2 cm³/mol. The summed E-state index contributed by atoms with van der Waals surface area (Å²) in [5.74, 6) is -1.36. The Labute approximate surface area is 109 Å². The normalized spacial score (nSPS) is 13.1. The minimum absolute atomic E-state index is 0.148. The molecule has 0 aliphatic carbocycles. The second-order valence-electron chi connectivity index (χ2n) is 4.08. The van der Waals surface area contributed by atoms with E-state index in [2.05, 4.69) is 6.07 Å². The Morgan fingerprint density at radius 3 is 2.32 bits per heavy atom. The molecule has 0 aliphatic heterocycles. The Bertz CT molecular complexity index is 535. The Morgan fingerprint density at radius 2 is 1.74 bits per heavy atom. The van der Waals surface area contributed by atoms with Crippen LogP contribution in [0.3, 0.4) is 0 Å². The first-order valence-corrected chi connectivity index (χ1v) is 5.69. The van der Waals surface area contributed by atoms with Crippen molar-refractivity contribution in [2.24, 2.45) is 0 Å². The first-order valence-electron chi connectivity index (χ1n) is 5.69. The molecule has 0 saturated carbocycles. The van der Waals surface area contributed by atoms with Gasteiger partial charge < -0.3 is 4.74 Å². The second-order valence-corrected chi connectivity index (χ2v) is 4.08. The van der Waals surface area contributed by atoms with E-state index in [1.807, 2.05) is 0 Å². The molecule has 4 heteroatoms. The maximum atomic E-state index is 13.3. The average molecular weight is 265 g/mol. The molecule has 0 bridgehead atoms. The second kappa shape index (κ2) is 5.34. The Hall–Kier alpha value is -1.97. The summed E-state index contributed by atoms with van der Waals surface area (Å²) in [5.41, 5.74) is 0.359. The standard InChI is InChI=1S/C15H12F3O/c1-19-13-9-5-8-12(10-13)14(15(16,17)18)11-6-3-2-4-7-11/h2-8,10,14H,1H3. The number of hydrogen-bond acceptors (Lipinski definition) is 1. The minimum atomic E-state index is -4.35. The fourth-order valence-electron chi connectivity index (χ4n) is 1.97. The van der Waals surface area contributed by atoms with Gasteiger partial charge in [0.25, 0.3) is 0 Å². The van der Waals surface area contributed by atoms with Gasteiger partial charge >= 0.3 is 6.18 Å². The summed E-state index contributed by atoms with van der Waals surface area (Å²) in [4.78, 5) is 0. The van der Waals surface area contributed by atoms with Crippen molar-refractivity contribution >= 4 is 0 Å². The van der Waals surface area contributed by atoms with Crippen LogP contribution in [0.4, 0.5) is 13.2 Å². The monoisotopic (exact) mass is 265 g/mol. The van der Waals surface area contributed by atoms with E-state index < -0.39 is 12.1 Å². The van der Waals surface area contributed by atoms with Gasteiger partial charge in [0, 0.05) is 6.07 Å². The summed E-state index contributed by atoms with van der Waals surface area (Å²) in [6, 6.07) is 14.8. The maximum Gasteiger partial charge on any atom is 0.399 e. The van der Waals surface area contributed by atoms with Crippen LogP contribution in [0.15, 0.2) is 48.5 Å². The van der Waals surface area contributed by atoms with Gasteiger partial charge in [0.2, 0.25) is 0 Å². The third kappa shape index (κ3) is 3.08. The molecule has 0 aromatic heterocycles. The van der Waals surface area contributed by atoms with Gasteiger partial charge in [0.15, 0.2) is 0 Å². The number of rotatable bonds is 3. The van der Waals surface area contributed by atoms with Crippen LogP contribution in [0.25, 0.3) is 0 Å². The molecule has 2 aromatic rings. The van der Waals surface area contributed by atoms with Crippen molar-refractivity contribution in [3.8, 4) is 5.75 Å². The van der Waals surface area contributed by atoms with Crippen molar-refractivity contribution < 1.29 is 17.9 Å². The lowest BCUT2D eigenvalue weighted by atomic mass is 9.90. The zero-order valence-corrected chi connectivity index (χ0v) is 10.2. The topological polar surface area (TPSA) is 9.23 Å². The van der Waals surface area contributed by atoms with Crippen molar-refractivity contribution in [2.45, 2.75) is 12.1 Å². The SMILES string of the molecule is COc1[c]ccc(C(c2ccccc2)C(F)(F)F)c1. The molecule has 0 aliphatic rings. The van der Waals surface area contributed by atoms with E-state index in [9.17, 15) is 13.2 Å². The highest BCUT2D eigenvalue weighted by Crippen LogP contribution is 2.40. The van der Waals surface area contributed by atoms with E-state index in [4.69, 9.17) is 4.74 Å². The molecule has 0 fully saturated rings. The number of hydrogen-bond donors (Lipinski definition) is 0.